The molecule has 2 aromatic rings. The van der Waals surface area contributed by atoms with Crippen molar-refractivity contribution in [1.29, 1.82) is 0 Å². The first-order chi connectivity index (χ1) is 9.72. The molecule has 2 aromatic heterocycles. The molecular formula is C17H24N2S. The van der Waals surface area contributed by atoms with Gasteiger partial charge in [0.1, 0.15) is 0 Å². The molecule has 0 fully saturated rings. The largest absolute Gasteiger partial charge is 0.340 e. The number of hydrogen-bond acceptors (Lipinski definition) is 2. The standard InChI is InChI=1S/C17H24N2S/c1-3-6-16(17-9-5-10-20-17)19-12(2)11-13-14(18)7-4-8-15(13)19/h5,9-11,14,16H,3-4,6-8,18H2,1-2H3. The van der Waals surface area contributed by atoms with E-state index in [1.165, 1.54) is 47.5 Å². The molecule has 2 heterocycles. The Morgan fingerprint density at radius 2 is 2.35 bits per heavy atom. The minimum absolute atomic E-state index is 0.240. The minimum Gasteiger partial charge on any atom is -0.340 e. The number of aryl methyl sites for hydroxylation is 1. The van der Waals surface area contributed by atoms with Gasteiger partial charge in [0, 0.05) is 22.3 Å². The quantitative estimate of drug-likeness (QED) is 0.877. The lowest BCUT2D eigenvalue weighted by molar-refractivity contribution is 0.485. The molecule has 0 bridgehead atoms. The van der Waals surface area contributed by atoms with E-state index < -0.39 is 0 Å². The third-order valence-corrected chi connectivity index (χ3v) is 5.42. The zero-order valence-corrected chi connectivity index (χ0v) is 13.2. The molecule has 0 aromatic carbocycles. The molecule has 3 rings (SSSR count). The van der Waals surface area contributed by atoms with Crippen molar-refractivity contribution in [1.82, 2.24) is 4.57 Å². The molecule has 0 aliphatic heterocycles. The molecule has 1 aliphatic carbocycles. The van der Waals surface area contributed by atoms with Crippen LogP contribution >= 0.6 is 11.3 Å². The first-order valence-corrected chi connectivity index (χ1v) is 8.60. The highest BCUT2D eigenvalue weighted by Crippen LogP contribution is 2.37. The van der Waals surface area contributed by atoms with Crippen molar-refractivity contribution in [3.8, 4) is 0 Å². The summed E-state index contributed by atoms with van der Waals surface area (Å²) in [5.74, 6) is 0. The summed E-state index contributed by atoms with van der Waals surface area (Å²) in [6.07, 6.45) is 5.95. The van der Waals surface area contributed by atoms with Crippen molar-refractivity contribution in [2.45, 2.75) is 58.0 Å². The van der Waals surface area contributed by atoms with Crippen LogP contribution in [0.5, 0.6) is 0 Å². The second-order valence-corrected chi connectivity index (χ2v) is 6.86. The maximum absolute atomic E-state index is 6.31. The van der Waals surface area contributed by atoms with Crippen molar-refractivity contribution in [3.05, 3.63) is 45.4 Å². The number of thiophene rings is 1. The van der Waals surface area contributed by atoms with Gasteiger partial charge in [-0.05, 0) is 55.7 Å². The summed E-state index contributed by atoms with van der Waals surface area (Å²) in [5.41, 5.74) is 10.6. The molecular weight excluding hydrogens is 264 g/mol. The van der Waals surface area contributed by atoms with Crippen LogP contribution in [-0.2, 0) is 6.42 Å². The van der Waals surface area contributed by atoms with E-state index >= 15 is 0 Å². The maximum atomic E-state index is 6.31. The SMILES string of the molecule is CCCC(c1cccs1)n1c(C)cc2c1CCCC2N. The van der Waals surface area contributed by atoms with Crippen LogP contribution < -0.4 is 5.73 Å². The molecule has 0 amide bonds. The zero-order valence-electron chi connectivity index (χ0n) is 12.4. The number of fused-ring (bicyclic) bond motifs is 1. The Balaban J connectivity index is 2.07. The number of hydrogen-bond donors (Lipinski definition) is 1. The first kappa shape index (κ1) is 13.9. The van der Waals surface area contributed by atoms with Gasteiger partial charge in [-0.15, -0.1) is 11.3 Å². The average Bonchev–Trinajstić information content (AvgIpc) is 3.05. The topological polar surface area (TPSA) is 30.9 Å². The lowest BCUT2D eigenvalue weighted by atomic mass is 9.93. The lowest BCUT2D eigenvalue weighted by Gasteiger charge is -2.26. The van der Waals surface area contributed by atoms with E-state index in [2.05, 4.69) is 42.0 Å². The van der Waals surface area contributed by atoms with E-state index in [1.807, 2.05) is 11.3 Å². The van der Waals surface area contributed by atoms with Crippen LogP contribution in [0.25, 0.3) is 0 Å². The molecule has 0 radical (unpaired) electrons. The van der Waals surface area contributed by atoms with Gasteiger partial charge in [0.15, 0.2) is 0 Å². The number of aromatic nitrogens is 1. The highest BCUT2D eigenvalue weighted by molar-refractivity contribution is 7.10. The van der Waals surface area contributed by atoms with Crippen molar-refractivity contribution in [3.63, 3.8) is 0 Å². The average molecular weight is 288 g/mol. The second kappa shape index (κ2) is 5.74. The highest BCUT2D eigenvalue weighted by atomic mass is 32.1. The summed E-state index contributed by atoms with van der Waals surface area (Å²) >= 11 is 1.88. The van der Waals surface area contributed by atoms with Crippen molar-refractivity contribution in [2.24, 2.45) is 5.73 Å². The fourth-order valence-electron chi connectivity index (χ4n) is 3.55. The Hall–Kier alpha value is -1.06. The summed E-state index contributed by atoms with van der Waals surface area (Å²) < 4.78 is 2.57. The van der Waals surface area contributed by atoms with E-state index in [9.17, 15) is 0 Å². The highest BCUT2D eigenvalue weighted by Gasteiger charge is 2.26. The molecule has 0 saturated carbocycles. The number of rotatable bonds is 4. The summed E-state index contributed by atoms with van der Waals surface area (Å²) in [7, 11) is 0. The molecule has 2 atom stereocenters. The number of nitrogens with zero attached hydrogens (tertiary/aromatic N) is 1. The molecule has 20 heavy (non-hydrogen) atoms. The molecule has 0 spiro atoms. The van der Waals surface area contributed by atoms with Gasteiger partial charge in [0.25, 0.3) is 0 Å². The van der Waals surface area contributed by atoms with E-state index in [0.29, 0.717) is 6.04 Å². The molecule has 2 unspecified atom stereocenters. The molecule has 1 aliphatic rings. The van der Waals surface area contributed by atoms with Gasteiger partial charge in [0.2, 0.25) is 0 Å². The Kier molecular flexibility index (Phi) is 3.99. The first-order valence-electron chi connectivity index (χ1n) is 7.72. The van der Waals surface area contributed by atoms with Crippen molar-refractivity contribution >= 4 is 11.3 Å². The third-order valence-electron chi connectivity index (χ3n) is 4.44. The maximum Gasteiger partial charge on any atom is 0.0677 e. The van der Waals surface area contributed by atoms with Crippen LogP contribution in [0.1, 0.15) is 66.5 Å². The second-order valence-electron chi connectivity index (χ2n) is 5.88. The van der Waals surface area contributed by atoms with Gasteiger partial charge in [-0.25, -0.2) is 0 Å². The Bertz CT molecular complexity index is 568. The third kappa shape index (κ3) is 2.33. The molecule has 0 saturated heterocycles. The Labute approximate surface area is 125 Å². The van der Waals surface area contributed by atoms with Crippen LogP contribution in [0.4, 0.5) is 0 Å². The van der Waals surface area contributed by atoms with E-state index in [-0.39, 0.29) is 6.04 Å². The molecule has 3 heteroatoms. The lowest BCUT2D eigenvalue weighted by Crippen LogP contribution is -2.20. The van der Waals surface area contributed by atoms with Crippen LogP contribution in [0.15, 0.2) is 23.6 Å². The number of nitrogens with two attached hydrogens (primary N) is 1. The van der Waals surface area contributed by atoms with Crippen LogP contribution in [0, 0.1) is 6.92 Å². The van der Waals surface area contributed by atoms with Crippen LogP contribution in [0.2, 0.25) is 0 Å². The summed E-state index contributed by atoms with van der Waals surface area (Å²) in [4.78, 5) is 1.48. The van der Waals surface area contributed by atoms with Gasteiger partial charge in [-0.1, -0.05) is 19.4 Å². The normalized spacial score (nSPS) is 19.9. The van der Waals surface area contributed by atoms with Gasteiger partial charge in [0.05, 0.1) is 6.04 Å². The van der Waals surface area contributed by atoms with E-state index in [4.69, 9.17) is 5.73 Å². The Morgan fingerprint density at radius 1 is 1.50 bits per heavy atom. The fourth-order valence-corrected chi connectivity index (χ4v) is 4.40. The predicted octanol–water partition coefficient (Wildman–Crippen LogP) is 4.58. The monoisotopic (exact) mass is 288 g/mol. The Morgan fingerprint density at radius 3 is 3.05 bits per heavy atom. The summed E-state index contributed by atoms with van der Waals surface area (Å²) in [5, 5.41) is 2.19. The van der Waals surface area contributed by atoms with Gasteiger partial charge in [-0.2, -0.15) is 0 Å². The van der Waals surface area contributed by atoms with E-state index in [0.717, 1.165) is 6.42 Å². The van der Waals surface area contributed by atoms with Crippen LogP contribution in [-0.4, -0.2) is 4.57 Å². The van der Waals surface area contributed by atoms with Gasteiger partial charge < -0.3 is 10.3 Å². The minimum atomic E-state index is 0.240. The zero-order chi connectivity index (χ0) is 14.1. The van der Waals surface area contributed by atoms with Gasteiger partial charge >= 0.3 is 0 Å². The summed E-state index contributed by atoms with van der Waals surface area (Å²) in [6, 6.07) is 7.51. The molecule has 108 valence electrons. The van der Waals surface area contributed by atoms with Crippen molar-refractivity contribution in [2.75, 3.05) is 0 Å². The van der Waals surface area contributed by atoms with Crippen molar-refractivity contribution < 1.29 is 0 Å². The molecule has 2 nitrogen and oxygen atoms in total. The van der Waals surface area contributed by atoms with Gasteiger partial charge in [-0.3, -0.25) is 0 Å². The predicted molar refractivity (Wildman–Crippen MR) is 86.4 cm³/mol. The fraction of sp³-hybridized carbons (Fsp3) is 0.529. The summed E-state index contributed by atoms with van der Waals surface area (Å²) in [6.45, 7) is 4.51. The molecule has 2 N–H and O–H groups in total. The van der Waals surface area contributed by atoms with E-state index in [1.54, 1.807) is 0 Å². The van der Waals surface area contributed by atoms with Crippen LogP contribution in [0.3, 0.4) is 0 Å². The smallest absolute Gasteiger partial charge is 0.0677 e.